The second-order valence-corrected chi connectivity index (χ2v) is 6.16. The van der Waals surface area contributed by atoms with Crippen molar-refractivity contribution in [1.82, 2.24) is 4.90 Å². The van der Waals surface area contributed by atoms with Gasteiger partial charge >= 0.3 is 11.9 Å². The van der Waals surface area contributed by atoms with Crippen molar-refractivity contribution >= 4 is 17.8 Å². The Bertz CT molecular complexity index is 875. The second kappa shape index (κ2) is 7.90. The molecular formula is C20H19NO6. The monoisotopic (exact) mass is 369 g/mol. The molecule has 0 spiro atoms. The fourth-order valence-corrected chi connectivity index (χ4v) is 2.89. The third kappa shape index (κ3) is 4.25. The van der Waals surface area contributed by atoms with Crippen LogP contribution in [0, 0.1) is 0 Å². The molecule has 0 unspecified atom stereocenters. The van der Waals surface area contributed by atoms with Crippen molar-refractivity contribution in [2.24, 2.45) is 0 Å². The van der Waals surface area contributed by atoms with Crippen LogP contribution in [0.1, 0.15) is 39.1 Å². The molecule has 1 fully saturated rings. The smallest absolute Gasteiger partial charge is 0.337 e. The lowest BCUT2D eigenvalue weighted by atomic mass is 10.1. The summed E-state index contributed by atoms with van der Waals surface area (Å²) in [7, 11) is 1.30. The number of amides is 1. The van der Waals surface area contributed by atoms with Crippen molar-refractivity contribution in [1.29, 1.82) is 0 Å². The van der Waals surface area contributed by atoms with Gasteiger partial charge in [0.05, 0.1) is 18.2 Å². The minimum atomic E-state index is -1.03. The Morgan fingerprint density at radius 3 is 2.41 bits per heavy atom. The average Bonchev–Trinajstić information content (AvgIpc) is 3.07. The quantitative estimate of drug-likeness (QED) is 0.787. The second-order valence-electron chi connectivity index (χ2n) is 6.16. The highest BCUT2D eigenvalue weighted by Gasteiger charge is 2.22. The molecule has 1 amide bonds. The molecule has 2 aromatic carbocycles. The van der Waals surface area contributed by atoms with Gasteiger partial charge in [0.2, 0.25) is 5.91 Å². The standard InChI is InChI=1S/C20H19NO6/c1-26-20(25)14-4-5-15(12-21-10-2-3-18(21)22)17(11-14)27-16-8-6-13(7-9-16)19(23)24/h4-9,11H,2-3,10,12H2,1H3,(H,23,24). The molecule has 0 saturated carbocycles. The highest BCUT2D eigenvalue weighted by Crippen LogP contribution is 2.29. The molecule has 1 heterocycles. The van der Waals surface area contributed by atoms with Crippen LogP contribution in [0.5, 0.6) is 11.5 Å². The van der Waals surface area contributed by atoms with Crippen molar-refractivity contribution in [3.8, 4) is 11.5 Å². The van der Waals surface area contributed by atoms with Gasteiger partial charge in [0, 0.05) is 25.1 Å². The number of methoxy groups -OCH3 is 1. The van der Waals surface area contributed by atoms with Crippen molar-refractivity contribution in [2.75, 3.05) is 13.7 Å². The number of hydrogen-bond acceptors (Lipinski definition) is 5. The number of esters is 1. The Kier molecular flexibility index (Phi) is 5.40. The van der Waals surface area contributed by atoms with E-state index in [1.54, 1.807) is 35.2 Å². The van der Waals surface area contributed by atoms with E-state index in [9.17, 15) is 14.4 Å². The van der Waals surface area contributed by atoms with E-state index in [-0.39, 0.29) is 11.5 Å². The molecule has 0 bridgehead atoms. The van der Waals surface area contributed by atoms with Crippen LogP contribution in [0.15, 0.2) is 42.5 Å². The van der Waals surface area contributed by atoms with Crippen LogP contribution in [-0.4, -0.2) is 41.5 Å². The van der Waals surface area contributed by atoms with Crippen LogP contribution < -0.4 is 4.74 Å². The lowest BCUT2D eigenvalue weighted by molar-refractivity contribution is -0.128. The Balaban J connectivity index is 1.90. The maximum atomic E-state index is 11.9. The van der Waals surface area contributed by atoms with E-state index in [0.717, 1.165) is 12.0 Å². The SMILES string of the molecule is COC(=O)c1ccc(CN2CCCC2=O)c(Oc2ccc(C(=O)O)cc2)c1. The predicted octanol–water partition coefficient (Wildman–Crippen LogP) is 3.09. The third-order valence-corrected chi connectivity index (χ3v) is 4.35. The van der Waals surface area contributed by atoms with Crippen molar-refractivity contribution in [3.63, 3.8) is 0 Å². The van der Waals surface area contributed by atoms with E-state index in [2.05, 4.69) is 0 Å². The predicted molar refractivity (Wildman–Crippen MR) is 95.9 cm³/mol. The number of carboxylic acids is 1. The molecule has 3 rings (SSSR count). The largest absolute Gasteiger partial charge is 0.478 e. The highest BCUT2D eigenvalue weighted by molar-refractivity contribution is 5.90. The molecule has 0 aromatic heterocycles. The molecule has 1 aliphatic rings. The molecule has 1 N–H and O–H groups in total. The number of likely N-dealkylation sites (tertiary alicyclic amines) is 1. The van der Waals surface area contributed by atoms with Gasteiger partial charge in [-0.1, -0.05) is 6.07 Å². The Morgan fingerprint density at radius 1 is 1.11 bits per heavy atom. The summed E-state index contributed by atoms with van der Waals surface area (Å²) in [6, 6.07) is 10.9. The molecular weight excluding hydrogens is 350 g/mol. The number of rotatable bonds is 6. The Hall–Kier alpha value is -3.35. The fourth-order valence-electron chi connectivity index (χ4n) is 2.89. The van der Waals surface area contributed by atoms with Crippen LogP contribution in [0.4, 0.5) is 0 Å². The summed E-state index contributed by atoms with van der Waals surface area (Å²) in [5.74, 6) is -0.590. The van der Waals surface area contributed by atoms with Gasteiger partial charge in [0.25, 0.3) is 0 Å². The van der Waals surface area contributed by atoms with Crippen molar-refractivity contribution < 1.29 is 29.0 Å². The van der Waals surface area contributed by atoms with Gasteiger partial charge in [-0.3, -0.25) is 4.79 Å². The van der Waals surface area contributed by atoms with Crippen LogP contribution in [-0.2, 0) is 16.1 Å². The number of hydrogen-bond donors (Lipinski definition) is 1. The normalized spacial score (nSPS) is 13.5. The zero-order chi connectivity index (χ0) is 19.4. The number of aromatic carboxylic acids is 1. The molecule has 0 radical (unpaired) electrons. The van der Waals surface area contributed by atoms with Crippen LogP contribution in [0.25, 0.3) is 0 Å². The number of carbonyl (C=O) groups excluding carboxylic acids is 2. The average molecular weight is 369 g/mol. The summed E-state index contributed by atoms with van der Waals surface area (Å²) >= 11 is 0. The van der Waals surface area contributed by atoms with E-state index >= 15 is 0 Å². The first-order valence-corrected chi connectivity index (χ1v) is 8.48. The van der Waals surface area contributed by atoms with Gasteiger partial charge < -0.3 is 19.5 Å². The number of nitrogens with zero attached hydrogens (tertiary/aromatic N) is 1. The summed E-state index contributed by atoms with van der Waals surface area (Å²) in [6.07, 6.45) is 1.36. The van der Waals surface area contributed by atoms with E-state index in [0.29, 0.717) is 36.6 Å². The fraction of sp³-hybridized carbons (Fsp3) is 0.250. The first-order chi connectivity index (χ1) is 13.0. The van der Waals surface area contributed by atoms with E-state index in [4.69, 9.17) is 14.6 Å². The zero-order valence-corrected chi connectivity index (χ0v) is 14.8. The Morgan fingerprint density at radius 2 is 1.81 bits per heavy atom. The summed E-state index contributed by atoms with van der Waals surface area (Å²) in [4.78, 5) is 36.5. The number of carboxylic acid groups (broad SMARTS) is 1. The van der Waals surface area contributed by atoms with Crippen LogP contribution in [0.3, 0.4) is 0 Å². The van der Waals surface area contributed by atoms with E-state index < -0.39 is 11.9 Å². The third-order valence-electron chi connectivity index (χ3n) is 4.35. The van der Waals surface area contributed by atoms with E-state index in [1.807, 2.05) is 0 Å². The highest BCUT2D eigenvalue weighted by atomic mass is 16.5. The summed E-state index contributed by atoms with van der Waals surface area (Å²) < 4.78 is 10.6. The minimum Gasteiger partial charge on any atom is -0.478 e. The van der Waals surface area contributed by atoms with Gasteiger partial charge in [0.15, 0.2) is 0 Å². The first kappa shape index (κ1) is 18.4. The molecule has 140 valence electrons. The van der Waals surface area contributed by atoms with Gasteiger partial charge in [-0.05, 0) is 42.8 Å². The summed E-state index contributed by atoms with van der Waals surface area (Å²) in [6.45, 7) is 1.06. The maximum absolute atomic E-state index is 11.9. The van der Waals surface area contributed by atoms with Crippen LogP contribution >= 0.6 is 0 Å². The number of carbonyl (C=O) groups is 3. The van der Waals surface area contributed by atoms with Gasteiger partial charge in [-0.2, -0.15) is 0 Å². The summed E-state index contributed by atoms with van der Waals surface area (Å²) in [5.41, 5.74) is 1.22. The Labute approximate surface area is 156 Å². The number of benzene rings is 2. The van der Waals surface area contributed by atoms with Crippen molar-refractivity contribution in [2.45, 2.75) is 19.4 Å². The maximum Gasteiger partial charge on any atom is 0.337 e. The minimum absolute atomic E-state index is 0.0869. The molecule has 1 aliphatic heterocycles. The molecule has 7 nitrogen and oxygen atoms in total. The van der Waals surface area contributed by atoms with Gasteiger partial charge in [-0.15, -0.1) is 0 Å². The number of ether oxygens (including phenoxy) is 2. The van der Waals surface area contributed by atoms with Gasteiger partial charge in [-0.25, -0.2) is 9.59 Å². The first-order valence-electron chi connectivity index (χ1n) is 8.48. The van der Waals surface area contributed by atoms with Crippen molar-refractivity contribution in [3.05, 3.63) is 59.2 Å². The molecule has 27 heavy (non-hydrogen) atoms. The summed E-state index contributed by atoms with van der Waals surface area (Å²) in [5, 5.41) is 8.99. The topological polar surface area (TPSA) is 93.1 Å². The molecule has 2 aromatic rings. The lowest BCUT2D eigenvalue weighted by Crippen LogP contribution is -2.24. The molecule has 7 heteroatoms. The molecule has 0 aliphatic carbocycles. The van der Waals surface area contributed by atoms with E-state index in [1.165, 1.54) is 19.2 Å². The molecule has 1 saturated heterocycles. The molecule has 0 atom stereocenters. The van der Waals surface area contributed by atoms with Gasteiger partial charge in [0.1, 0.15) is 11.5 Å². The zero-order valence-electron chi connectivity index (χ0n) is 14.8. The lowest BCUT2D eigenvalue weighted by Gasteiger charge is -2.19. The van der Waals surface area contributed by atoms with Crippen LogP contribution in [0.2, 0.25) is 0 Å².